The first-order valence-corrected chi connectivity index (χ1v) is 6.04. The van der Waals surface area contributed by atoms with Crippen LogP contribution in [0.1, 0.15) is 24.5 Å². The van der Waals surface area contributed by atoms with Crippen LogP contribution in [0.2, 0.25) is 0 Å². The smallest absolute Gasteiger partial charge is 0.268 e. The van der Waals surface area contributed by atoms with Crippen molar-refractivity contribution in [2.24, 2.45) is 0 Å². The molecule has 0 fully saturated rings. The van der Waals surface area contributed by atoms with Crippen LogP contribution in [0.5, 0.6) is 0 Å². The topological polar surface area (TPSA) is 29.5 Å². The summed E-state index contributed by atoms with van der Waals surface area (Å²) >= 11 is 5.97. The first-order chi connectivity index (χ1) is 8.02. The predicted molar refractivity (Wildman–Crippen MR) is 70.3 cm³/mol. The number of para-hydroxylation sites is 1. The number of rotatable bonds is 4. The van der Waals surface area contributed by atoms with Gasteiger partial charge in [-0.1, -0.05) is 25.1 Å². The van der Waals surface area contributed by atoms with E-state index in [2.05, 4.69) is 0 Å². The molecule has 1 amide bonds. The molecule has 94 valence electrons. The van der Waals surface area contributed by atoms with E-state index < -0.39 is 5.38 Å². The molecule has 4 heteroatoms. The Morgan fingerprint density at radius 1 is 1.41 bits per heavy atom. The van der Waals surface area contributed by atoms with E-state index in [1.807, 2.05) is 39.0 Å². The molecule has 0 radical (unpaired) electrons. The Kier molecular flexibility index (Phi) is 4.97. The number of hydrogen-bond donors (Lipinski definition) is 0. The van der Waals surface area contributed by atoms with Crippen molar-refractivity contribution in [3.05, 3.63) is 29.3 Å². The second kappa shape index (κ2) is 6.03. The van der Waals surface area contributed by atoms with Gasteiger partial charge in [0.25, 0.3) is 5.91 Å². The molecule has 1 atom stereocenters. The molecule has 0 aromatic heterocycles. The zero-order valence-electron chi connectivity index (χ0n) is 10.7. The second-order valence-electron chi connectivity index (χ2n) is 3.93. The minimum Gasteiger partial charge on any atom is -0.270 e. The highest BCUT2D eigenvalue weighted by atomic mass is 35.5. The van der Waals surface area contributed by atoms with Gasteiger partial charge in [-0.2, -0.15) is 5.06 Å². The molecule has 0 saturated heterocycles. The van der Waals surface area contributed by atoms with Gasteiger partial charge >= 0.3 is 0 Å². The fourth-order valence-corrected chi connectivity index (χ4v) is 1.81. The van der Waals surface area contributed by atoms with E-state index in [1.54, 1.807) is 0 Å². The molecule has 0 aliphatic rings. The fourth-order valence-electron chi connectivity index (χ4n) is 1.72. The molecule has 3 nitrogen and oxygen atoms in total. The third kappa shape index (κ3) is 2.99. The largest absolute Gasteiger partial charge is 0.270 e. The molecular weight excluding hydrogens is 238 g/mol. The van der Waals surface area contributed by atoms with Crippen molar-refractivity contribution in [1.29, 1.82) is 0 Å². The van der Waals surface area contributed by atoms with Gasteiger partial charge in [-0.3, -0.25) is 9.63 Å². The number of halogens is 1. The Balaban J connectivity index is 3.14. The van der Waals surface area contributed by atoms with Gasteiger partial charge < -0.3 is 0 Å². The Hall–Kier alpha value is -1.06. The number of amides is 1. The van der Waals surface area contributed by atoms with E-state index in [4.69, 9.17) is 16.4 Å². The van der Waals surface area contributed by atoms with Crippen molar-refractivity contribution in [3.8, 4) is 0 Å². The average molecular weight is 256 g/mol. The van der Waals surface area contributed by atoms with Crippen LogP contribution in [0, 0.1) is 13.8 Å². The van der Waals surface area contributed by atoms with Gasteiger partial charge in [0.1, 0.15) is 5.38 Å². The van der Waals surface area contributed by atoms with E-state index in [1.165, 1.54) is 12.2 Å². The van der Waals surface area contributed by atoms with Crippen LogP contribution in [-0.2, 0) is 9.63 Å². The number of aryl methyl sites for hydroxylation is 2. The van der Waals surface area contributed by atoms with Crippen molar-refractivity contribution >= 4 is 23.2 Å². The third-order valence-corrected chi connectivity index (χ3v) is 3.15. The van der Waals surface area contributed by atoms with Crippen molar-refractivity contribution in [2.45, 2.75) is 32.6 Å². The van der Waals surface area contributed by atoms with Crippen LogP contribution in [0.25, 0.3) is 0 Å². The fraction of sp³-hybridized carbons (Fsp3) is 0.462. The highest BCUT2D eigenvalue weighted by Gasteiger charge is 2.24. The van der Waals surface area contributed by atoms with Crippen LogP contribution < -0.4 is 5.06 Å². The lowest BCUT2D eigenvalue weighted by Gasteiger charge is -2.25. The maximum Gasteiger partial charge on any atom is 0.268 e. The quantitative estimate of drug-likeness (QED) is 0.611. The number of hydrogen-bond acceptors (Lipinski definition) is 2. The number of carbonyl (C=O) groups is 1. The summed E-state index contributed by atoms with van der Waals surface area (Å²) in [6.45, 7) is 5.75. The van der Waals surface area contributed by atoms with Gasteiger partial charge in [-0.05, 0) is 31.4 Å². The van der Waals surface area contributed by atoms with Gasteiger partial charge in [-0.15, -0.1) is 11.6 Å². The maximum atomic E-state index is 12.1. The van der Waals surface area contributed by atoms with Crippen LogP contribution in [0.15, 0.2) is 18.2 Å². The Morgan fingerprint density at radius 3 is 2.35 bits per heavy atom. The van der Waals surface area contributed by atoms with Crippen LogP contribution in [0.4, 0.5) is 5.69 Å². The highest BCUT2D eigenvalue weighted by Crippen LogP contribution is 2.26. The number of carbonyl (C=O) groups excluding carboxylic acids is 1. The van der Waals surface area contributed by atoms with Crippen LogP contribution in [0.3, 0.4) is 0 Å². The van der Waals surface area contributed by atoms with E-state index >= 15 is 0 Å². The SMILES string of the molecule is CCC(Cl)C(=O)N(OC)c1c(C)cccc1C. The van der Waals surface area contributed by atoms with E-state index in [-0.39, 0.29) is 5.91 Å². The Bertz CT molecular complexity index is 386. The van der Waals surface area contributed by atoms with E-state index in [0.717, 1.165) is 16.8 Å². The number of nitrogens with zero attached hydrogens (tertiary/aromatic N) is 1. The van der Waals surface area contributed by atoms with E-state index in [9.17, 15) is 4.79 Å². The predicted octanol–water partition coefficient (Wildman–Crippen LogP) is 3.22. The standard InChI is InChI=1S/C13H18ClNO2/c1-5-11(14)13(16)15(17-4)12-9(2)7-6-8-10(12)3/h6-8,11H,5H2,1-4H3. The first kappa shape index (κ1) is 14.0. The number of hydroxylamine groups is 1. The molecular formula is C13H18ClNO2. The molecule has 1 aromatic rings. The molecule has 0 spiro atoms. The number of benzene rings is 1. The summed E-state index contributed by atoms with van der Waals surface area (Å²) in [7, 11) is 1.48. The second-order valence-corrected chi connectivity index (χ2v) is 4.46. The van der Waals surface area contributed by atoms with Crippen LogP contribution in [-0.4, -0.2) is 18.4 Å². The van der Waals surface area contributed by atoms with Gasteiger partial charge in [0, 0.05) is 0 Å². The number of anilines is 1. The summed E-state index contributed by atoms with van der Waals surface area (Å²) in [5, 5.41) is 0.722. The van der Waals surface area contributed by atoms with Gasteiger partial charge in [0.2, 0.25) is 0 Å². The summed E-state index contributed by atoms with van der Waals surface area (Å²) < 4.78 is 0. The minimum absolute atomic E-state index is 0.228. The molecule has 1 aromatic carbocycles. The zero-order valence-corrected chi connectivity index (χ0v) is 11.4. The molecule has 17 heavy (non-hydrogen) atoms. The maximum absolute atomic E-state index is 12.1. The van der Waals surface area contributed by atoms with Crippen LogP contribution >= 0.6 is 11.6 Å². The normalized spacial score (nSPS) is 12.3. The lowest BCUT2D eigenvalue weighted by atomic mass is 10.1. The molecule has 0 bridgehead atoms. The summed E-state index contributed by atoms with van der Waals surface area (Å²) in [4.78, 5) is 17.3. The zero-order chi connectivity index (χ0) is 13.0. The Morgan fingerprint density at radius 2 is 1.94 bits per heavy atom. The summed E-state index contributed by atoms with van der Waals surface area (Å²) in [6, 6.07) is 5.83. The molecule has 0 N–H and O–H groups in total. The minimum atomic E-state index is -0.561. The van der Waals surface area contributed by atoms with Gasteiger partial charge in [0.15, 0.2) is 0 Å². The van der Waals surface area contributed by atoms with Crippen molar-refractivity contribution in [2.75, 3.05) is 12.2 Å². The monoisotopic (exact) mass is 255 g/mol. The molecule has 0 saturated carbocycles. The van der Waals surface area contributed by atoms with Gasteiger partial charge in [-0.25, -0.2) is 0 Å². The van der Waals surface area contributed by atoms with E-state index in [0.29, 0.717) is 6.42 Å². The van der Waals surface area contributed by atoms with Crippen molar-refractivity contribution < 1.29 is 9.63 Å². The third-order valence-electron chi connectivity index (χ3n) is 2.65. The molecule has 1 unspecified atom stereocenters. The lowest BCUT2D eigenvalue weighted by Crippen LogP contribution is -2.36. The van der Waals surface area contributed by atoms with Crippen molar-refractivity contribution in [3.63, 3.8) is 0 Å². The molecule has 1 rings (SSSR count). The molecule has 0 aliphatic heterocycles. The first-order valence-electron chi connectivity index (χ1n) is 5.61. The van der Waals surface area contributed by atoms with Crippen molar-refractivity contribution in [1.82, 2.24) is 0 Å². The molecule has 0 heterocycles. The average Bonchev–Trinajstić information content (AvgIpc) is 2.32. The van der Waals surface area contributed by atoms with Gasteiger partial charge in [0.05, 0.1) is 12.8 Å². The lowest BCUT2D eigenvalue weighted by molar-refractivity contribution is -0.124. The Labute approximate surface area is 107 Å². The summed E-state index contributed by atoms with van der Waals surface area (Å²) in [5.74, 6) is -0.228. The highest BCUT2D eigenvalue weighted by molar-refractivity contribution is 6.32. The number of alkyl halides is 1. The summed E-state index contributed by atoms with van der Waals surface area (Å²) in [6.07, 6.45) is 0.575. The molecule has 0 aliphatic carbocycles. The summed E-state index contributed by atoms with van der Waals surface area (Å²) in [5.41, 5.74) is 2.75.